The fourth-order valence-electron chi connectivity index (χ4n) is 3.25. The Bertz CT molecular complexity index is 849. The molecule has 31 heavy (non-hydrogen) atoms. The van der Waals surface area contributed by atoms with Crippen LogP contribution in [0.4, 0.5) is 5.82 Å². The van der Waals surface area contributed by atoms with Gasteiger partial charge in [0.05, 0.1) is 24.2 Å². The van der Waals surface area contributed by atoms with E-state index in [1.807, 2.05) is 26.0 Å². The van der Waals surface area contributed by atoms with E-state index in [-0.39, 0.29) is 30.9 Å². The minimum atomic E-state index is -0.610. The van der Waals surface area contributed by atoms with Gasteiger partial charge in [0.25, 0.3) is 5.91 Å². The van der Waals surface area contributed by atoms with Gasteiger partial charge >= 0.3 is 0 Å². The summed E-state index contributed by atoms with van der Waals surface area (Å²) in [6.45, 7) is 6.88. The summed E-state index contributed by atoms with van der Waals surface area (Å²) in [5.74, 6) is 1.00. The van der Waals surface area contributed by atoms with Gasteiger partial charge < -0.3 is 10.1 Å². The average molecular weight is 470 g/mol. The van der Waals surface area contributed by atoms with Gasteiger partial charge in [0, 0.05) is 31.8 Å². The number of amides is 1. The highest BCUT2D eigenvalue weighted by Crippen LogP contribution is 2.20. The molecule has 0 aliphatic carbocycles. The highest BCUT2D eigenvalue weighted by molar-refractivity contribution is 5.90. The fraction of sp³-hybridized carbons (Fsp3) is 0.381. The molecule has 0 spiro atoms. The number of hydrogen-bond acceptors (Lipinski definition) is 7. The van der Waals surface area contributed by atoms with Crippen molar-refractivity contribution in [3.8, 4) is 5.75 Å². The molecule has 2 aromatic rings. The molecule has 1 aromatic heterocycles. The number of anilines is 1. The first-order chi connectivity index (χ1) is 14.0. The van der Waals surface area contributed by atoms with Crippen LogP contribution in [0.15, 0.2) is 42.7 Å². The minimum Gasteiger partial charge on any atom is -0.491 e. The van der Waals surface area contributed by atoms with Crippen LogP contribution >= 0.6 is 24.8 Å². The lowest BCUT2D eigenvalue weighted by Crippen LogP contribution is -2.26. The molecule has 1 atom stereocenters. The molecular formula is C21H29Cl2N5O3. The van der Waals surface area contributed by atoms with Gasteiger partial charge in [-0.1, -0.05) is 12.1 Å². The Kier molecular flexibility index (Phi) is 11.3. The van der Waals surface area contributed by atoms with Crippen LogP contribution in [0.2, 0.25) is 0 Å². The number of carbonyl (C=O) groups is 1. The van der Waals surface area contributed by atoms with Crippen molar-refractivity contribution in [2.24, 2.45) is 0 Å². The summed E-state index contributed by atoms with van der Waals surface area (Å²) in [6.07, 6.45) is 7.09. The average Bonchev–Trinajstić information content (AvgIpc) is 3.13. The lowest BCUT2D eigenvalue weighted by Gasteiger charge is -2.18. The smallest absolute Gasteiger partial charge is 0.267 e. The Morgan fingerprint density at radius 1 is 1.32 bits per heavy atom. The maximum absolute atomic E-state index is 11.0. The third-order valence-electron chi connectivity index (χ3n) is 4.49. The number of hydroxylamine groups is 1. The van der Waals surface area contributed by atoms with Crippen molar-refractivity contribution >= 4 is 42.6 Å². The normalized spacial score (nSPS) is 15.9. The van der Waals surface area contributed by atoms with Crippen LogP contribution in [-0.4, -0.2) is 51.2 Å². The predicted molar refractivity (Wildman–Crippen MR) is 125 cm³/mol. The third kappa shape index (κ3) is 8.70. The van der Waals surface area contributed by atoms with Crippen molar-refractivity contribution < 1.29 is 14.7 Å². The Morgan fingerprint density at radius 3 is 2.81 bits per heavy atom. The fourth-order valence-corrected chi connectivity index (χ4v) is 3.25. The first-order valence-electron chi connectivity index (χ1n) is 9.70. The largest absolute Gasteiger partial charge is 0.491 e. The Hall–Kier alpha value is -2.39. The van der Waals surface area contributed by atoms with Gasteiger partial charge in [0.1, 0.15) is 11.6 Å². The number of nitrogens with zero attached hydrogens (tertiary/aromatic N) is 3. The molecule has 2 heterocycles. The van der Waals surface area contributed by atoms with Gasteiger partial charge in [-0.3, -0.25) is 19.9 Å². The number of nitrogens with one attached hydrogen (secondary N) is 2. The molecule has 1 aliphatic heterocycles. The van der Waals surface area contributed by atoms with Crippen molar-refractivity contribution in [3.63, 3.8) is 0 Å². The summed E-state index contributed by atoms with van der Waals surface area (Å²) < 4.78 is 5.78. The van der Waals surface area contributed by atoms with Crippen LogP contribution in [0, 0.1) is 0 Å². The Morgan fingerprint density at radius 2 is 2.13 bits per heavy atom. The zero-order valence-corrected chi connectivity index (χ0v) is 19.2. The van der Waals surface area contributed by atoms with Crippen LogP contribution in [-0.2, 0) is 11.3 Å². The highest BCUT2D eigenvalue weighted by Gasteiger charge is 2.22. The van der Waals surface area contributed by atoms with Gasteiger partial charge in [0.2, 0.25) is 0 Å². The molecule has 8 nitrogen and oxygen atoms in total. The van der Waals surface area contributed by atoms with Crippen molar-refractivity contribution in [1.29, 1.82) is 0 Å². The summed E-state index contributed by atoms with van der Waals surface area (Å²) in [4.78, 5) is 22.0. The minimum absolute atomic E-state index is 0. The van der Waals surface area contributed by atoms with E-state index >= 15 is 0 Å². The number of benzene rings is 1. The second-order valence-electron chi connectivity index (χ2n) is 7.31. The van der Waals surface area contributed by atoms with E-state index in [2.05, 4.69) is 32.3 Å². The van der Waals surface area contributed by atoms with E-state index in [4.69, 9.17) is 9.94 Å². The number of aromatic nitrogens is 2. The molecule has 0 saturated carbocycles. The summed E-state index contributed by atoms with van der Waals surface area (Å²) in [6, 6.07) is 8.57. The van der Waals surface area contributed by atoms with E-state index in [1.54, 1.807) is 12.4 Å². The van der Waals surface area contributed by atoms with Gasteiger partial charge in [-0.2, -0.15) is 0 Å². The van der Waals surface area contributed by atoms with E-state index in [1.165, 1.54) is 23.2 Å². The molecule has 170 valence electrons. The third-order valence-corrected chi connectivity index (χ3v) is 4.49. The van der Waals surface area contributed by atoms with Crippen LogP contribution in [0.3, 0.4) is 0 Å². The number of likely N-dealkylation sites (tertiary alicyclic amines) is 1. The van der Waals surface area contributed by atoms with E-state index in [0.717, 1.165) is 31.8 Å². The van der Waals surface area contributed by atoms with Crippen molar-refractivity contribution in [3.05, 3.63) is 54.0 Å². The molecule has 0 bridgehead atoms. The summed E-state index contributed by atoms with van der Waals surface area (Å²) in [5.41, 5.74) is 3.31. The van der Waals surface area contributed by atoms with Gasteiger partial charge in [-0.05, 0) is 44.0 Å². The molecule has 1 aliphatic rings. The maximum atomic E-state index is 11.0. The molecule has 3 rings (SSSR count). The van der Waals surface area contributed by atoms with Crippen LogP contribution in [0.1, 0.15) is 31.5 Å². The maximum Gasteiger partial charge on any atom is 0.267 e. The number of ether oxygens (including phenoxy) is 1. The van der Waals surface area contributed by atoms with E-state index < -0.39 is 5.91 Å². The van der Waals surface area contributed by atoms with E-state index in [0.29, 0.717) is 17.6 Å². The Balaban J connectivity index is 0.00000240. The first kappa shape index (κ1) is 26.6. The summed E-state index contributed by atoms with van der Waals surface area (Å²) in [7, 11) is 0. The SMILES string of the molecule is CC(C)Oc1cccc(CN2CC[C@@H](Nc3cnc(/C=C/C(=O)NO)cn3)C2)c1.Cl.Cl. The topological polar surface area (TPSA) is 99.6 Å². The first-order valence-corrected chi connectivity index (χ1v) is 9.70. The lowest BCUT2D eigenvalue weighted by molar-refractivity contribution is -0.124. The van der Waals surface area contributed by atoms with Crippen LogP contribution < -0.4 is 15.5 Å². The molecule has 0 radical (unpaired) electrons. The second-order valence-corrected chi connectivity index (χ2v) is 7.31. The highest BCUT2D eigenvalue weighted by atomic mass is 35.5. The quantitative estimate of drug-likeness (QED) is 0.309. The van der Waals surface area contributed by atoms with Crippen LogP contribution in [0.5, 0.6) is 5.75 Å². The van der Waals surface area contributed by atoms with E-state index in [9.17, 15) is 4.79 Å². The standard InChI is InChI=1S/C21H27N5O3.2ClH/c1-15(2)29-19-5-3-4-16(10-19)13-26-9-8-18(14-26)24-20-12-22-17(11-23-20)6-7-21(27)25-28;;/h3-7,10-12,15,18,28H,8-9,13-14H2,1-2H3,(H,23,24)(H,25,27);2*1H/b7-6+;;/t18-;;/m1../s1. The number of carbonyl (C=O) groups excluding carboxylic acids is 1. The molecule has 0 unspecified atom stereocenters. The number of rotatable bonds is 8. The molecule has 1 aromatic carbocycles. The zero-order valence-electron chi connectivity index (χ0n) is 17.5. The molecule has 1 saturated heterocycles. The molecule has 1 fully saturated rings. The summed E-state index contributed by atoms with van der Waals surface area (Å²) in [5, 5.41) is 11.9. The molecule has 3 N–H and O–H groups in total. The summed E-state index contributed by atoms with van der Waals surface area (Å²) >= 11 is 0. The number of halogens is 2. The number of hydrogen-bond donors (Lipinski definition) is 3. The van der Waals surface area contributed by atoms with Crippen LogP contribution in [0.25, 0.3) is 6.08 Å². The Labute approximate surface area is 194 Å². The molecule has 10 heteroatoms. The molecular weight excluding hydrogens is 441 g/mol. The van der Waals surface area contributed by atoms with Gasteiger partial charge in [-0.15, -0.1) is 24.8 Å². The lowest BCUT2D eigenvalue weighted by atomic mass is 10.2. The molecule has 1 amide bonds. The second kappa shape index (κ2) is 13.1. The van der Waals surface area contributed by atoms with Crippen molar-refractivity contribution in [1.82, 2.24) is 20.3 Å². The van der Waals surface area contributed by atoms with Crippen molar-refractivity contribution in [2.45, 2.75) is 39.0 Å². The predicted octanol–water partition coefficient (Wildman–Crippen LogP) is 3.31. The van der Waals surface area contributed by atoms with Gasteiger partial charge in [-0.25, -0.2) is 10.5 Å². The monoisotopic (exact) mass is 469 g/mol. The zero-order chi connectivity index (χ0) is 20.6. The van der Waals surface area contributed by atoms with Gasteiger partial charge in [0.15, 0.2) is 0 Å². The van der Waals surface area contributed by atoms with Crippen molar-refractivity contribution in [2.75, 3.05) is 18.4 Å².